The van der Waals surface area contributed by atoms with Gasteiger partial charge in [0.2, 0.25) is 0 Å². The van der Waals surface area contributed by atoms with E-state index >= 15 is 0 Å². The Kier molecular flexibility index (Phi) is 4.35. The zero-order valence-electron chi connectivity index (χ0n) is 12.6. The maximum atomic E-state index is 5.72. The predicted molar refractivity (Wildman–Crippen MR) is 88.3 cm³/mol. The number of hydrogen-bond acceptors (Lipinski definition) is 5. The van der Waals surface area contributed by atoms with Gasteiger partial charge in [-0.05, 0) is 25.7 Å². The van der Waals surface area contributed by atoms with E-state index in [2.05, 4.69) is 53.5 Å². The highest BCUT2D eigenvalue weighted by Gasteiger charge is 2.26. The molecular weight excluding hydrogens is 280 g/mol. The molecule has 1 aliphatic rings. The van der Waals surface area contributed by atoms with Gasteiger partial charge in [-0.3, -0.25) is 4.90 Å². The van der Waals surface area contributed by atoms with Gasteiger partial charge in [-0.25, -0.2) is 4.98 Å². The zero-order chi connectivity index (χ0) is 14.8. The average molecular weight is 302 g/mol. The summed E-state index contributed by atoms with van der Waals surface area (Å²) in [4.78, 5) is 9.65. The van der Waals surface area contributed by atoms with Gasteiger partial charge >= 0.3 is 0 Å². The van der Waals surface area contributed by atoms with Crippen LogP contribution in [0.1, 0.15) is 16.6 Å². The summed E-state index contributed by atoms with van der Waals surface area (Å²) < 4.78 is 0. The van der Waals surface area contributed by atoms with Crippen LogP contribution in [-0.2, 0) is 6.54 Å². The zero-order valence-corrected chi connectivity index (χ0v) is 13.4. The van der Waals surface area contributed by atoms with E-state index in [1.165, 1.54) is 5.01 Å². The normalized spacial score (nSPS) is 20.8. The van der Waals surface area contributed by atoms with Gasteiger partial charge in [0.05, 0.1) is 11.7 Å². The lowest BCUT2D eigenvalue weighted by Crippen LogP contribution is -2.44. The fourth-order valence-corrected chi connectivity index (χ4v) is 3.69. The molecule has 1 fully saturated rings. The fourth-order valence-electron chi connectivity index (χ4n) is 2.71. The number of aromatic nitrogens is 1. The third-order valence-corrected chi connectivity index (χ3v) is 5.06. The molecule has 112 valence electrons. The Hall–Kier alpha value is -1.27. The topological polar surface area (TPSA) is 45.4 Å². The van der Waals surface area contributed by atoms with Crippen LogP contribution in [0.15, 0.2) is 29.6 Å². The van der Waals surface area contributed by atoms with Gasteiger partial charge in [0.15, 0.2) is 0 Å². The van der Waals surface area contributed by atoms with Gasteiger partial charge in [-0.2, -0.15) is 0 Å². The standard InChI is InChI=1S/C16H22N4S/c1-19-6-7-20(2)15(10-19)16-18-14(11-21-16)13-5-3-4-12(8-13)9-17/h3-5,8,11,15H,6-7,9-10,17H2,1-2H3. The maximum Gasteiger partial charge on any atom is 0.112 e. The highest BCUT2D eigenvalue weighted by Crippen LogP contribution is 2.30. The summed E-state index contributed by atoms with van der Waals surface area (Å²) in [5.74, 6) is 0. The lowest BCUT2D eigenvalue weighted by atomic mass is 10.1. The Bertz CT molecular complexity index is 610. The molecule has 0 amide bonds. The van der Waals surface area contributed by atoms with Crippen LogP contribution in [0, 0.1) is 0 Å². The molecule has 0 saturated carbocycles. The summed E-state index contributed by atoms with van der Waals surface area (Å²) in [6.07, 6.45) is 0. The molecule has 2 aromatic rings. The molecule has 21 heavy (non-hydrogen) atoms. The van der Waals surface area contributed by atoms with E-state index in [1.54, 1.807) is 11.3 Å². The number of benzene rings is 1. The van der Waals surface area contributed by atoms with E-state index in [0.29, 0.717) is 12.6 Å². The molecule has 1 aromatic carbocycles. The van der Waals surface area contributed by atoms with Crippen LogP contribution in [0.5, 0.6) is 0 Å². The van der Waals surface area contributed by atoms with Gasteiger partial charge in [0.1, 0.15) is 5.01 Å². The van der Waals surface area contributed by atoms with Crippen molar-refractivity contribution in [1.29, 1.82) is 0 Å². The molecule has 1 unspecified atom stereocenters. The van der Waals surface area contributed by atoms with E-state index in [-0.39, 0.29) is 0 Å². The quantitative estimate of drug-likeness (QED) is 0.944. The van der Waals surface area contributed by atoms with Crippen molar-refractivity contribution in [3.05, 3.63) is 40.2 Å². The summed E-state index contributed by atoms with van der Waals surface area (Å²) >= 11 is 1.76. The van der Waals surface area contributed by atoms with E-state index in [4.69, 9.17) is 10.7 Å². The predicted octanol–water partition coefficient (Wildman–Crippen LogP) is 2.19. The molecule has 1 saturated heterocycles. The maximum absolute atomic E-state index is 5.72. The van der Waals surface area contributed by atoms with Crippen molar-refractivity contribution in [3.63, 3.8) is 0 Å². The van der Waals surface area contributed by atoms with Gasteiger partial charge in [-0.1, -0.05) is 18.2 Å². The number of thiazole rings is 1. The summed E-state index contributed by atoms with van der Waals surface area (Å²) in [7, 11) is 4.37. The van der Waals surface area contributed by atoms with Crippen LogP contribution in [0.4, 0.5) is 0 Å². The first-order chi connectivity index (χ1) is 10.2. The first kappa shape index (κ1) is 14.7. The number of nitrogens with two attached hydrogens (primary N) is 1. The van der Waals surface area contributed by atoms with Crippen molar-refractivity contribution >= 4 is 11.3 Å². The highest BCUT2D eigenvalue weighted by atomic mass is 32.1. The molecule has 3 rings (SSSR count). The Morgan fingerprint density at radius 1 is 1.33 bits per heavy atom. The smallest absolute Gasteiger partial charge is 0.112 e. The Morgan fingerprint density at radius 2 is 2.19 bits per heavy atom. The van der Waals surface area contributed by atoms with E-state index < -0.39 is 0 Å². The second-order valence-electron chi connectivity index (χ2n) is 5.73. The molecule has 1 atom stereocenters. The van der Waals surface area contributed by atoms with Gasteiger partial charge in [-0.15, -0.1) is 11.3 Å². The minimum atomic E-state index is 0.403. The molecule has 0 bridgehead atoms. The second kappa shape index (κ2) is 6.23. The summed E-state index contributed by atoms with van der Waals surface area (Å²) in [5, 5.41) is 3.37. The van der Waals surface area contributed by atoms with Crippen molar-refractivity contribution in [2.45, 2.75) is 12.6 Å². The summed E-state index contributed by atoms with van der Waals surface area (Å²) in [5.41, 5.74) is 9.09. The first-order valence-electron chi connectivity index (χ1n) is 7.31. The van der Waals surface area contributed by atoms with Crippen molar-refractivity contribution in [2.75, 3.05) is 33.7 Å². The van der Waals surface area contributed by atoms with Gasteiger partial charge in [0, 0.05) is 37.1 Å². The molecule has 0 spiro atoms. The minimum Gasteiger partial charge on any atom is -0.326 e. The molecule has 0 aliphatic carbocycles. The third kappa shape index (κ3) is 3.16. The van der Waals surface area contributed by atoms with Crippen LogP contribution in [0.2, 0.25) is 0 Å². The first-order valence-corrected chi connectivity index (χ1v) is 8.19. The lowest BCUT2D eigenvalue weighted by Gasteiger charge is -2.36. The molecule has 1 aliphatic heterocycles. The number of rotatable bonds is 3. The SMILES string of the molecule is CN1CCN(C)C(c2nc(-c3cccc(CN)c3)cs2)C1. The summed E-state index contributed by atoms with van der Waals surface area (Å²) in [6, 6.07) is 8.75. The third-order valence-electron chi connectivity index (χ3n) is 4.12. The van der Waals surface area contributed by atoms with Crippen LogP contribution < -0.4 is 5.73 Å². The number of likely N-dealkylation sites (N-methyl/N-ethyl adjacent to an activating group) is 2. The Balaban J connectivity index is 1.85. The number of piperazine rings is 1. The molecule has 4 nitrogen and oxygen atoms in total. The van der Waals surface area contributed by atoms with E-state index in [9.17, 15) is 0 Å². The largest absolute Gasteiger partial charge is 0.326 e. The van der Waals surface area contributed by atoms with Crippen molar-refractivity contribution < 1.29 is 0 Å². The molecule has 2 N–H and O–H groups in total. The fraction of sp³-hybridized carbons (Fsp3) is 0.438. The van der Waals surface area contributed by atoms with Crippen molar-refractivity contribution in [1.82, 2.24) is 14.8 Å². The van der Waals surface area contributed by atoms with Crippen LogP contribution in [0.25, 0.3) is 11.3 Å². The molecule has 0 radical (unpaired) electrons. The van der Waals surface area contributed by atoms with Gasteiger partial charge in [0.25, 0.3) is 0 Å². The monoisotopic (exact) mass is 302 g/mol. The summed E-state index contributed by atoms with van der Waals surface area (Å²) in [6.45, 7) is 3.84. The van der Waals surface area contributed by atoms with E-state index in [0.717, 1.165) is 36.5 Å². The Labute approximate surface area is 130 Å². The van der Waals surface area contributed by atoms with Crippen molar-refractivity contribution in [3.8, 4) is 11.3 Å². The number of hydrogen-bond donors (Lipinski definition) is 1. The molecule has 1 aromatic heterocycles. The number of nitrogens with zero attached hydrogens (tertiary/aromatic N) is 3. The van der Waals surface area contributed by atoms with E-state index in [1.807, 2.05) is 0 Å². The molecular formula is C16H22N4S. The molecule has 2 heterocycles. The average Bonchev–Trinajstić information content (AvgIpc) is 2.99. The molecule has 5 heteroatoms. The van der Waals surface area contributed by atoms with Gasteiger partial charge < -0.3 is 10.6 Å². The highest BCUT2D eigenvalue weighted by molar-refractivity contribution is 7.10. The van der Waals surface area contributed by atoms with Crippen molar-refractivity contribution in [2.24, 2.45) is 5.73 Å². The minimum absolute atomic E-state index is 0.403. The van der Waals surface area contributed by atoms with Crippen LogP contribution in [-0.4, -0.2) is 48.5 Å². The Morgan fingerprint density at radius 3 is 3.00 bits per heavy atom. The lowest BCUT2D eigenvalue weighted by molar-refractivity contribution is 0.115. The second-order valence-corrected chi connectivity index (χ2v) is 6.62. The van der Waals surface area contributed by atoms with Crippen LogP contribution in [0.3, 0.4) is 0 Å². The van der Waals surface area contributed by atoms with Crippen LogP contribution >= 0.6 is 11.3 Å².